The fourth-order valence-corrected chi connectivity index (χ4v) is 1.68. The predicted octanol–water partition coefficient (Wildman–Crippen LogP) is 2.30. The van der Waals surface area contributed by atoms with E-state index in [1.807, 2.05) is 18.2 Å². The zero-order chi connectivity index (χ0) is 13.4. The number of carbonyl (C=O) groups excluding carboxylic acids is 1. The lowest BCUT2D eigenvalue weighted by molar-refractivity contribution is -0.140. The van der Waals surface area contributed by atoms with Gasteiger partial charge in [0.15, 0.2) is 0 Å². The van der Waals surface area contributed by atoms with Crippen LogP contribution in [-0.4, -0.2) is 26.7 Å². The van der Waals surface area contributed by atoms with E-state index in [4.69, 9.17) is 4.74 Å². The van der Waals surface area contributed by atoms with Crippen molar-refractivity contribution in [2.24, 2.45) is 0 Å². The Labute approximate surface area is 108 Å². The van der Waals surface area contributed by atoms with Crippen LogP contribution in [0.3, 0.4) is 0 Å². The van der Waals surface area contributed by atoms with Crippen molar-refractivity contribution in [2.45, 2.75) is 25.8 Å². The van der Waals surface area contributed by atoms with E-state index in [1.54, 1.807) is 7.11 Å². The summed E-state index contributed by atoms with van der Waals surface area (Å²) in [6, 6.07) is 8.20. The van der Waals surface area contributed by atoms with Gasteiger partial charge in [-0.05, 0) is 37.6 Å². The van der Waals surface area contributed by atoms with Crippen LogP contribution in [0.4, 0.5) is 0 Å². The first-order valence-corrected chi connectivity index (χ1v) is 6.11. The summed E-state index contributed by atoms with van der Waals surface area (Å²) in [5.41, 5.74) is 1.17. The number of ether oxygens (including phenoxy) is 2. The molecule has 0 saturated carbocycles. The lowest BCUT2D eigenvalue weighted by Crippen LogP contribution is -2.20. The van der Waals surface area contributed by atoms with Gasteiger partial charge in [-0.25, -0.2) is 0 Å². The molecule has 18 heavy (non-hydrogen) atoms. The summed E-state index contributed by atoms with van der Waals surface area (Å²) in [6.07, 6.45) is 1.23. The number of hydrogen-bond acceptors (Lipinski definition) is 4. The van der Waals surface area contributed by atoms with Crippen molar-refractivity contribution in [3.8, 4) is 5.75 Å². The number of benzene rings is 1. The molecular formula is C14H21NO3. The molecule has 0 heterocycles. The third-order valence-electron chi connectivity index (χ3n) is 2.83. The van der Waals surface area contributed by atoms with Crippen LogP contribution >= 0.6 is 0 Å². The first kappa shape index (κ1) is 14.5. The molecule has 0 aliphatic carbocycles. The third-order valence-corrected chi connectivity index (χ3v) is 2.83. The zero-order valence-electron chi connectivity index (χ0n) is 11.2. The maximum Gasteiger partial charge on any atom is 0.305 e. The highest BCUT2D eigenvalue weighted by Crippen LogP contribution is 2.18. The lowest BCUT2D eigenvalue weighted by Gasteiger charge is -2.14. The maximum atomic E-state index is 10.9. The Kier molecular flexibility index (Phi) is 6.22. The third kappa shape index (κ3) is 4.75. The summed E-state index contributed by atoms with van der Waals surface area (Å²) in [5, 5.41) is 3.37. The molecular weight excluding hydrogens is 230 g/mol. The number of rotatable bonds is 7. The first-order chi connectivity index (χ1) is 8.67. The molecule has 0 saturated heterocycles. The molecule has 1 rings (SSSR count). The summed E-state index contributed by atoms with van der Waals surface area (Å²) >= 11 is 0. The molecule has 1 atom stereocenters. The van der Waals surface area contributed by atoms with Gasteiger partial charge in [-0.15, -0.1) is 0 Å². The van der Waals surface area contributed by atoms with Crippen LogP contribution in [0.2, 0.25) is 0 Å². The van der Waals surface area contributed by atoms with E-state index < -0.39 is 0 Å². The quantitative estimate of drug-likeness (QED) is 0.596. The Morgan fingerprint density at radius 2 is 2.17 bits per heavy atom. The van der Waals surface area contributed by atoms with Crippen LogP contribution in [0.1, 0.15) is 31.4 Å². The van der Waals surface area contributed by atoms with Crippen molar-refractivity contribution < 1.29 is 14.3 Å². The molecule has 0 spiro atoms. The van der Waals surface area contributed by atoms with Gasteiger partial charge in [0.1, 0.15) is 5.75 Å². The first-order valence-electron chi connectivity index (χ1n) is 6.11. The largest absolute Gasteiger partial charge is 0.497 e. The molecule has 1 aromatic rings. The van der Waals surface area contributed by atoms with Crippen LogP contribution in [-0.2, 0) is 9.53 Å². The van der Waals surface area contributed by atoms with Crippen molar-refractivity contribution in [3.63, 3.8) is 0 Å². The van der Waals surface area contributed by atoms with Crippen molar-refractivity contribution in [3.05, 3.63) is 29.8 Å². The Balaban J connectivity index is 2.35. The minimum absolute atomic E-state index is 0.161. The molecule has 0 radical (unpaired) electrons. The van der Waals surface area contributed by atoms with Crippen LogP contribution in [0, 0.1) is 0 Å². The molecule has 0 aliphatic heterocycles. The smallest absolute Gasteiger partial charge is 0.305 e. The van der Waals surface area contributed by atoms with E-state index in [0.29, 0.717) is 6.42 Å². The zero-order valence-corrected chi connectivity index (χ0v) is 11.2. The maximum absolute atomic E-state index is 10.9. The number of methoxy groups -OCH3 is 2. The Bertz CT molecular complexity index is 379. The average Bonchev–Trinajstić information content (AvgIpc) is 2.43. The summed E-state index contributed by atoms with van der Waals surface area (Å²) in [5.74, 6) is 0.696. The number of nitrogens with one attached hydrogen (secondary N) is 1. The van der Waals surface area contributed by atoms with Crippen LogP contribution < -0.4 is 10.1 Å². The second-order valence-electron chi connectivity index (χ2n) is 4.13. The van der Waals surface area contributed by atoms with E-state index in [9.17, 15) is 4.79 Å². The molecule has 0 fully saturated rings. The van der Waals surface area contributed by atoms with Gasteiger partial charge in [0, 0.05) is 12.5 Å². The summed E-state index contributed by atoms with van der Waals surface area (Å²) < 4.78 is 9.78. The minimum atomic E-state index is -0.161. The van der Waals surface area contributed by atoms with Crippen LogP contribution in [0.15, 0.2) is 24.3 Å². The molecule has 4 nitrogen and oxygen atoms in total. The van der Waals surface area contributed by atoms with Gasteiger partial charge in [0.2, 0.25) is 0 Å². The van der Waals surface area contributed by atoms with Crippen molar-refractivity contribution >= 4 is 5.97 Å². The molecule has 100 valence electrons. The Hall–Kier alpha value is -1.55. The molecule has 1 N–H and O–H groups in total. The number of esters is 1. The van der Waals surface area contributed by atoms with Crippen molar-refractivity contribution in [2.75, 3.05) is 20.8 Å². The SMILES string of the molecule is COC(=O)CCCN[C@@H](C)c1cccc(OC)c1. The topological polar surface area (TPSA) is 47.6 Å². The predicted molar refractivity (Wildman–Crippen MR) is 70.7 cm³/mol. The minimum Gasteiger partial charge on any atom is -0.497 e. The second kappa shape index (κ2) is 7.71. The van der Waals surface area contributed by atoms with Crippen LogP contribution in [0.25, 0.3) is 0 Å². The highest BCUT2D eigenvalue weighted by Gasteiger charge is 2.06. The summed E-state index contributed by atoms with van der Waals surface area (Å²) in [6.45, 7) is 2.88. The van der Waals surface area contributed by atoms with E-state index in [0.717, 1.165) is 18.7 Å². The monoisotopic (exact) mass is 251 g/mol. The van der Waals surface area contributed by atoms with Crippen LogP contribution in [0.5, 0.6) is 5.75 Å². The summed E-state index contributed by atoms with van der Waals surface area (Å²) in [7, 11) is 3.07. The van der Waals surface area contributed by atoms with E-state index in [2.05, 4.69) is 23.0 Å². The molecule has 0 aromatic heterocycles. The normalized spacial score (nSPS) is 11.9. The highest BCUT2D eigenvalue weighted by molar-refractivity contribution is 5.69. The van der Waals surface area contributed by atoms with Gasteiger partial charge >= 0.3 is 5.97 Å². The molecule has 1 aromatic carbocycles. The van der Waals surface area contributed by atoms with Gasteiger partial charge in [-0.1, -0.05) is 12.1 Å². The number of carbonyl (C=O) groups is 1. The molecule has 0 amide bonds. The van der Waals surface area contributed by atoms with E-state index >= 15 is 0 Å². The standard InChI is InChI=1S/C14H21NO3/c1-11(15-9-5-8-14(16)18-3)12-6-4-7-13(10-12)17-2/h4,6-7,10-11,15H,5,8-9H2,1-3H3/t11-/m0/s1. The lowest BCUT2D eigenvalue weighted by atomic mass is 10.1. The second-order valence-corrected chi connectivity index (χ2v) is 4.13. The Morgan fingerprint density at radius 1 is 1.39 bits per heavy atom. The molecule has 0 aliphatic rings. The fourth-order valence-electron chi connectivity index (χ4n) is 1.68. The van der Waals surface area contributed by atoms with Crippen molar-refractivity contribution in [1.29, 1.82) is 0 Å². The highest BCUT2D eigenvalue weighted by atomic mass is 16.5. The van der Waals surface area contributed by atoms with Gasteiger partial charge < -0.3 is 14.8 Å². The molecule has 4 heteroatoms. The average molecular weight is 251 g/mol. The van der Waals surface area contributed by atoms with Crippen molar-refractivity contribution in [1.82, 2.24) is 5.32 Å². The van der Waals surface area contributed by atoms with Gasteiger partial charge in [0.05, 0.1) is 14.2 Å². The number of hydrogen-bond donors (Lipinski definition) is 1. The van der Waals surface area contributed by atoms with E-state index in [1.165, 1.54) is 12.7 Å². The van der Waals surface area contributed by atoms with Gasteiger partial charge in [-0.3, -0.25) is 4.79 Å². The Morgan fingerprint density at radius 3 is 2.83 bits per heavy atom. The molecule has 0 unspecified atom stereocenters. The van der Waals surface area contributed by atoms with Gasteiger partial charge in [0.25, 0.3) is 0 Å². The molecule has 0 bridgehead atoms. The fraction of sp³-hybridized carbons (Fsp3) is 0.500. The summed E-state index contributed by atoms with van der Waals surface area (Å²) in [4.78, 5) is 10.9. The van der Waals surface area contributed by atoms with Gasteiger partial charge in [-0.2, -0.15) is 0 Å². The van der Waals surface area contributed by atoms with E-state index in [-0.39, 0.29) is 12.0 Å².